The van der Waals surface area contributed by atoms with Gasteiger partial charge in [-0.3, -0.25) is 4.68 Å². The Morgan fingerprint density at radius 1 is 1.09 bits per heavy atom. The van der Waals surface area contributed by atoms with Crippen LogP contribution >= 0.6 is 0 Å². The van der Waals surface area contributed by atoms with Crippen LogP contribution in [0.1, 0.15) is 0 Å². The zero-order valence-corrected chi connectivity index (χ0v) is 11.8. The van der Waals surface area contributed by atoms with Crippen molar-refractivity contribution in [2.75, 3.05) is 0 Å². The summed E-state index contributed by atoms with van der Waals surface area (Å²) < 4.78 is 7.09. The molecule has 6 nitrogen and oxygen atoms in total. The van der Waals surface area contributed by atoms with Crippen molar-refractivity contribution < 1.29 is 9.63 Å². The van der Waals surface area contributed by atoms with Crippen molar-refractivity contribution >= 4 is 10.9 Å². The molecule has 0 unspecified atom stereocenters. The third kappa shape index (κ3) is 2.01. The van der Waals surface area contributed by atoms with E-state index in [1.807, 2.05) is 31.4 Å². The molecule has 0 saturated carbocycles. The summed E-state index contributed by atoms with van der Waals surface area (Å²) in [4.78, 5) is 4.39. The fourth-order valence-electron chi connectivity index (χ4n) is 2.38. The van der Waals surface area contributed by atoms with E-state index in [2.05, 4.69) is 15.2 Å². The van der Waals surface area contributed by atoms with E-state index in [9.17, 15) is 5.11 Å². The first-order valence-electron chi connectivity index (χ1n) is 6.76. The molecule has 0 aliphatic carbocycles. The second-order valence-electron chi connectivity index (χ2n) is 5.02. The molecule has 22 heavy (non-hydrogen) atoms. The molecule has 0 saturated heterocycles. The lowest BCUT2D eigenvalue weighted by Gasteiger charge is -1.97. The first-order chi connectivity index (χ1) is 10.7. The van der Waals surface area contributed by atoms with E-state index in [0.717, 1.165) is 16.5 Å². The summed E-state index contributed by atoms with van der Waals surface area (Å²) in [5, 5.41) is 18.8. The number of hydrogen-bond acceptors (Lipinski definition) is 5. The van der Waals surface area contributed by atoms with Gasteiger partial charge < -0.3 is 9.63 Å². The third-order valence-corrected chi connectivity index (χ3v) is 3.53. The Morgan fingerprint density at radius 2 is 2.00 bits per heavy atom. The van der Waals surface area contributed by atoms with E-state index in [1.54, 1.807) is 28.9 Å². The van der Waals surface area contributed by atoms with E-state index in [-0.39, 0.29) is 5.75 Å². The van der Waals surface area contributed by atoms with Crippen molar-refractivity contribution in [2.24, 2.45) is 7.05 Å². The number of hydrogen-bond donors (Lipinski definition) is 1. The van der Waals surface area contributed by atoms with Crippen molar-refractivity contribution in [3.05, 3.63) is 48.7 Å². The fraction of sp³-hybridized carbons (Fsp3) is 0.0625. The number of aromatic hydroxyl groups is 1. The summed E-state index contributed by atoms with van der Waals surface area (Å²) in [6.07, 6.45) is 1.81. The summed E-state index contributed by atoms with van der Waals surface area (Å²) >= 11 is 0. The highest BCUT2D eigenvalue weighted by Gasteiger charge is 2.12. The van der Waals surface area contributed by atoms with Gasteiger partial charge >= 0.3 is 0 Å². The highest BCUT2D eigenvalue weighted by Crippen LogP contribution is 2.26. The standard InChI is InChI=1S/C16H12N4O2/c1-20-14-8-10(5-6-12(14)9-17-20)15-18-16(22-19-15)11-3-2-4-13(21)7-11/h2-9,21H,1H3. The topological polar surface area (TPSA) is 77.0 Å². The van der Waals surface area contributed by atoms with Crippen LogP contribution in [0.2, 0.25) is 0 Å². The second kappa shape index (κ2) is 4.70. The molecule has 0 fully saturated rings. The molecule has 0 aliphatic rings. The van der Waals surface area contributed by atoms with Crippen LogP contribution in [0.3, 0.4) is 0 Å². The summed E-state index contributed by atoms with van der Waals surface area (Å²) in [6.45, 7) is 0. The maximum atomic E-state index is 9.52. The van der Waals surface area contributed by atoms with Gasteiger partial charge in [-0.25, -0.2) is 0 Å². The van der Waals surface area contributed by atoms with Gasteiger partial charge in [-0.1, -0.05) is 23.4 Å². The van der Waals surface area contributed by atoms with E-state index >= 15 is 0 Å². The zero-order valence-electron chi connectivity index (χ0n) is 11.8. The molecule has 0 bridgehead atoms. The van der Waals surface area contributed by atoms with Crippen molar-refractivity contribution in [3.63, 3.8) is 0 Å². The predicted octanol–water partition coefficient (Wildman–Crippen LogP) is 3.00. The average molecular weight is 292 g/mol. The van der Waals surface area contributed by atoms with Crippen molar-refractivity contribution in [2.45, 2.75) is 0 Å². The van der Waals surface area contributed by atoms with Gasteiger partial charge in [0.05, 0.1) is 11.7 Å². The van der Waals surface area contributed by atoms with Crippen LogP contribution in [0.5, 0.6) is 5.75 Å². The minimum atomic E-state index is 0.161. The Bertz CT molecular complexity index is 971. The normalized spacial score (nSPS) is 11.1. The first kappa shape index (κ1) is 12.6. The Morgan fingerprint density at radius 3 is 2.86 bits per heavy atom. The maximum Gasteiger partial charge on any atom is 0.258 e. The number of rotatable bonds is 2. The molecule has 0 radical (unpaired) electrons. The van der Waals surface area contributed by atoms with Crippen molar-refractivity contribution in [1.82, 2.24) is 19.9 Å². The average Bonchev–Trinajstić information content (AvgIpc) is 3.15. The van der Waals surface area contributed by atoms with E-state index < -0.39 is 0 Å². The van der Waals surface area contributed by atoms with E-state index in [4.69, 9.17) is 4.52 Å². The molecular weight excluding hydrogens is 280 g/mol. The summed E-state index contributed by atoms with van der Waals surface area (Å²) in [7, 11) is 1.89. The number of benzene rings is 2. The van der Waals surface area contributed by atoms with Crippen molar-refractivity contribution in [3.8, 4) is 28.6 Å². The molecule has 6 heteroatoms. The van der Waals surface area contributed by atoms with Crippen LogP contribution < -0.4 is 0 Å². The quantitative estimate of drug-likeness (QED) is 0.614. The highest BCUT2D eigenvalue weighted by molar-refractivity contribution is 5.83. The molecule has 2 aromatic heterocycles. The maximum absolute atomic E-state index is 9.52. The lowest BCUT2D eigenvalue weighted by molar-refractivity contribution is 0.431. The largest absolute Gasteiger partial charge is 0.508 e. The lowest BCUT2D eigenvalue weighted by Crippen LogP contribution is -1.89. The number of aromatic nitrogens is 4. The van der Waals surface area contributed by atoms with Gasteiger partial charge in [-0.2, -0.15) is 10.1 Å². The van der Waals surface area contributed by atoms with Crippen LogP contribution in [-0.2, 0) is 7.05 Å². The number of fused-ring (bicyclic) bond motifs is 1. The molecule has 0 atom stereocenters. The predicted molar refractivity (Wildman–Crippen MR) is 81.1 cm³/mol. The highest BCUT2D eigenvalue weighted by atomic mass is 16.5. The molecule has 0 aliphatic heterocycles. The van der Waals surface area contributed by atoms with Crippen LogP contribution in [0.15, 0.2) is 53.2 Å². The SMILES string of the molecule is Cn1ncc2ccc(-c3noc(-c4cccc(O)c4)n3)cc21. The van der Waals surface area contributed by atoms with Crippen LogP contribution in [0.4, 0.5) is 0 Å². The van der Waals surface area contributed by atoms with Gasteiger partial charge in [0.2, 0.25) is 5.82 Å². The lowest BCUT2D eigenvalue weighted by atomic mass is 10.1. The Hall–Kier alpha value is -3.15. The van der Waals surface area contributed by atoms with Gasteiger partial charge in [0, 0.05) is 23.6 Å². The molecule has 4 rings (SSSR count). The van der Waals surface area contributed by atoms with Crippen LogP contribution in [-0.4, -0.2) is 25.0 Å². The van der Waals surface area contributed by atoms with Gasteiger partial charge in [-0.05, 0) is 24.3 Å². The van der Waals surface area contributed by atoms with E-state index in [0.29, 0.717) is 17.3 Å². The zero-order chi connectivity index (χ0) is 15.1. The smallest absolute Gasteiger partial charge is 0.258 e. The second-order valence-corrected chi connectivity index (χ2v) is 5.02. The number of nitrogens with zero attached hydrogens (tertiary/aromatic N) is 4. The Labute approximate surface area is 125 Å². The van der Waals surface area contributed by atoms with Crippen molar-refractivity contribution in [1.29, 1.82) is 0 Å². The van der Waals surface area contributed by atoms with Crippen LogP contribution in [0, 0.1) is 0 Å². The molecule has 1 N–H and O–H groups in total. The summed E-state index contributed by atoms with van der Waals surface area (Å²) in [5.41, 5.74) is 2.54. The molecular formula is C16H12N4O2. The minimum absolute atomic E-state index is 0.161. The molecule has 2 aromatic carbocycles. The first-order valence-corrected chi connectivity index (χ1v) is 6.76. The van der Waals surface area contributed by atoms with E-state index in [1.165, 1.54) is 0 Å². The molecule has 108 valence electrons. The van der Waals surface area contributed by atoms with Gasteiger partial charge in [0.25, 0.3) is 5.89 Å². The summed E-state index contributed by atoms with van der Waals surface area (Å²) in [6, 6.07) is 12.6. The number of phenols is 1. The van der Waals surface area contributed by atoms with Gasteiger partial charge in [0.1, 0.15) is 5.75 Å². The molecule has 0 spiro atoms. The Balaban J connectivity index is 1.77. The molecule has 4 aromatic rings. The molecule has 0 amide bonds. The third-order valence-electron chi connectivity index (χ3n) is 3.53. The molecule has 2 heterocycles. The monoisotopic (exact) mass is 292 g/mol. The van der Waals surface area contributed by atoms with Crippen LogP contribution in [0.25, 0.3) is 33.7 Å². The Kier molecular flexibility index (Phi) is 2.69. The number of aryl methyl sites for hydroxylation is 1. The summed E-state index contributed by atoms with van der Waals surface area (Å²) in [5.74, 6) is 1.03. The fourth-order valence-corrected chi connectivity index (χ4v) is 2.38. The number of phenolic OH excluding ortho intramolecular Hbond substituents is 1. The minimum Gasteiger partial charge on any atom is -0.508 e. The van der Waals surface area contributed by atoms with Gasteiger partial charge in [-0.15, -0.1) is 0 Å². The van der Waals surface area contributed by atoms with Gasteiger partial charge in [0.15, 0.2) is 0 Å².